The summed E-state index contributed by atoms with van der Waals surface area (Å²) in [6.07, 6.45) is 5.38. The first-order chi connectivity index (χ1) is 12.0. The lowest BCUT2D eigenvalue weighted by atomic mass is 9.78. The average molecular weight is 370 g/mol. The topological polar surface area (TPSA) is 55.8 Å². The van der Waals surface area contributed by atoms with Crippen molar-refractivity contribution < 1.29 is 19.1 Å². The molecule has 1 fully saturated rings. The maximum absolute atomic E-state index is 12.8. The van der Waals surface area contributed by atoms with Crippen molar-refractivity contribution in [2.24, 2.45) is 5.92 Å². The highest BCUT2D eigenvalue weighted by Gasteiger charge is 2.45. The number of carbonyl (C=O) groups is 2. The number of piperidine rings is 1. The highest BCUT2D eigenvalue weighted by atomic mass is 16.6. The van der Waals surface area contributed by atoms with Gasteiger partial charge in [-0.25, -0.2) is 0 Å². The minimum Gasteiger partial charge on any atom is -0.465 e. The maximum Gasteiger partial charge on any atom is 0.320 e. The van der Waals surface area contributed by atoms with E-state index in [1.807, 2.05) is 13.8 Å². The van der Waals surface area contributed by atoms with Crippen molar-refractivity contribution in [2.75, 3.05) is 13.7 Å². The second kappa shape index (κ2) is 9.72. The molecule has 0 aliphatic carbocycles. The van der Waals surface area contributed by atoms with E-state index in [1.54, 1.807) is 0 Å². The van der Waals surface area contributed by atoms with Crippen molar-refractivity contribution in [3.63, 3.8) is 0 Å². The molecule has 1 rings (SSSR count). The Hall–Kier alpha value is -1.10. The minimum atomic E-state index is -0.794. The lowest BCUT2D eigenvalue weighted by Gasteiger charge is -2.53. The van der Waals surface area contributed by atoms with Gasteiger partial charge in [0.15, 0.2) is 5.92 Å². The van der Waals surface area contributed by atoms with Crippen molar-refractivity contribution >= 4 is 11.9 Å². The molecule has 1 saturated heterocycles. The van der Waals surface area contributed by atoms with E-state index >= 15 is 0 Å². The molecule has 1 atom stereocenters. The van der Waals surface area contributed by atoms with Crippen LogP contribution in [0, 0.1) is 5.92 Å². The van der Waals surface area contributed by atoms with Crippen molar-refractivity contribution in [3.05, 3.63) is 0 Å². The molecule has 152 valence electrons. The number of hydrogen-bond acceptors (Lipinski definition) is 5. The van der Waals surface area contributed by atoms with Gasteiger partial charge in [-0.1, -0.05) is 33.1 Å². The van der Waals surface area contributed by atoms with Gasteiger partial charge in [-0.15, -0.1) is 0 Å². The van der Waals surface area contributed by atoms with Crippen LogP contribution < -0.4 is 0 Å². The van der Waals surface area contributed by atoms with Crippen molar-refractivity contribution in [1.29, 1.82) is 0 Å². The van der Waals surface area contributed by atoms with Gasteiger partial charge in [0.25, 0.3) is 0 Å². The third-order valence-electron chi connectivity index (χ3n) is 5.71. The summed E-state index contributed by atoms with van der Waals surface area (Å²) in [5, 5.41) is 0. The number of nitrogens with zero attached hydrogens (tertiary/aromatic N) is 1. The Bertz CT molecular complexity index is 455. The fraction of sp³-hybridized carbons (Fsp3) is 0.905. The highest BCUT2D eigenvalue weighted by molar-refractivity contribution is 5.94. The van der Waals surface area contributed by atoms with Crippen LogP contribution in [0.5, 0.6) is 0 Å². The van der Waals surface area contributed by atoms with E-state index in [0.717, 1.165) is 38.5 Å². The van der Waals surface area contributed by atoms with E-state index in [0.29, 0.717) is 13.0 Å². The Balaban J connectivity index is 2.77. The van der Waals surface area contributed by atoms with Crippen LogP contribution in [0.4, 0.5) is 0 Å². The molecule has 0 aromatic carbocycles. The first-order valence-corrected chi connectivity index (χ1v) is 10.2. The van der Waals surface area contributed by atoms with E-state index in [2.05, 4.69) is 39.6 Å². The summed E-state index contributed by atoms with van der Waals surface area (Å²) in [4.78, 5) is 27.5. The van der Waals surface area contributed by atoms with Crippen LogP contribution in [0.15, 0.2) is 0 Å². The SMILES string of the molecule is CCCCOC(=O)C(CCCC)C(=O)OC1CC(C)(C)N(C)C(C)(C)C1. The summed E-state index contributed by atoms with van der Waals surface area (Å²) >= 11 is 0. The summed E-state index contributed by atoms with van der Waals surface area (Å²) < 4.78 is 11.1. The molecule has 0 spiro atoms. The standard InChI is InChI=1S/C21H39NO4/c1-8-10-12-17(18(23)25-13-11-9-2)19(24)26-16-14-20(3,4)22(7)21(5,6)15-16/h16-17H,8-15H2,1-7H3. The fourth-order valence-electron chi connectivity index (χ4n) is 3.77. The third-order valence-corrected chi connectivity index (χ3v) is 5.71. The van der Waals surface area contributed by atoms with Gasteiger partial charge in [0.05, 0.1) is 6.61 Å². The molecule has 1 heterocycles. The molecule has 1 aliphatic rings. The molecule has 0 bridgehead atoms. The summed E-state index contributed by atoms with van der Waals surface area (Å²) in [6.45, 7) is 13.1. The van der Waals surface area contributed by atoms with Gasteiger partial charge in [-0.05, 0) is 47.6 Å². The maximum atomic E-state index is 12.8. The summed E-state index contributed by atoms with van der Waals surface area (Å²) in [5.41, 5.74) is -0.125. The van der Waals surface area contributed by atoms with Crippen LogP contribution in [-0.4, -0.2) is 47.7 Å². The van der Waals surface area contributed by atoms with Gasteiger partial charge < -0.3 is 9.47 Å². The molecule has 0 aromatic rings. The number of unbranched alkanes of at least 4 members (excludes halogenated alkanes) is 2. The Morgan fingerprint density at radius 3 is 2.04 bits per heavy atom. The molecular weight excluding hydrogens is 330 g/mol. The Labute approximate surface area is 159 Å². The quantitative estimate of drug-likeness (QED) is 0.344. The molecule has 1 aliphatic heterocycles. The molecule has 0 aromatic heterocycles. The Morgan fingerprint density at radius 1 is 1.00 bits per heavy atom. The first-order valence-electron chi connectivity index (χ1n) is 10.2. The molecule has 0 saturated carbocycles. The summed E-state index contributed by atoms with van der Waals surface area (Å²) in [7, 11) is 2.12. The minimum absolute atomic E-state index is 0.0623. The third kappa shape index (κ3) is 6.26. The molecule has 5 heteroatoms. The van der Waals surface area contributed by atoms with E-state index in [-0.39, 0.29) is 17.2 Å². The normalized spacial score (nSPS) is 21.2. The van der Waals surface area contributed by atoms with Crippen LogP contribution in [0.25, 0.3) is 0 Å². The zero-order valence-electron chi connectivity index (χ0n) is 17.9. The van der Waals surface area contributed by atoms with Crippen LogP contribution >= 0.6 is 0 Å². The van der Waals surface area contributed by atoms with E-state index < -0.39 is 17.9 Å². The van der Waals surface area contributed by atoms with Crippen molar-refractivity contribution in [1.82, 2.24) is 4.90 Å². The van der Waals surface area contributed by atoms with E-state index in [9.17, 15) is 9.59 Å². The van der Waals surface area contributed by atoms with Gasteiger partial charge in [0, 0.05) is 23.9 Å². The number of hydrogen-bond donors (Lipinski definition) is 0. The number of carbonyl (C=O) groups excluding carboxylic acids is 2. The van der Waals surface area contributed by atoms with Crippen molar-refractivity contribution in [2.45, 2.75) is 104 Å². The van der Waals surface area contributed by atoms with Crippen LogP contribution in [0.1, 0.15) is 86.5 Å². The van der Waals surface area contributed by atoms with Crippen LogP contribution in [0.2, 0.25) is 0 Å². The van der Waals surface area contributed by atoms with Gasteiger partial charge in [-0.2, -0.15) is 0 Å². The lowest BCUT2D eigenvalue weighted by molar-refractivity contribution is -0.171. The van der Waals surface area contributed by atoms with Gasteiger partial charge in [0.2, 0.25) is 0 Å². The number of rotatable bonds is 9. The molecule has 26 heavy (non-hydrogen) atoms. The van der Waals surface area contributed by atoms with E-state index in [1.165, 1.54) is 0 Å². The van der Waals surface area contributed by atoms with Crippen LogP contribution in [-0.2, 0) is 19.1 Å². The second-order valence-electron chi connectivity index (χ2n) is 8.87. The van der Waals surface area contributed by atoms with Crippen molar-refractivity contribution in [3.8, 4) is 0 Å². The number of esters is 2. The summed E-state index contributed by atoms with van der Waals surface area (Å²) in [6, 6.07) is 0. The van der Waals surface area contributed by atoms with E-state index in [4.69, 9.17) is 9.47 Å². The predicted molar refractivity (Wildman–Crippen MR) is 104 cm³/mol. The zero-order chi connectivity index (χ0) is 20.0. The molecule has 5 nitrogen and oxygen atoms in total. The number of ether oxygens (including phenoxy) is 2. The van der Waals surface area contributed by atoms with Gasteiger partial charge in [-0.3, -0.25) is 14.5 Å². The lowest BCUT2D eigenvalue weighted by Crippen LogP contribution is -2.60. The predicted octanol–water partition coefficient (Wildman–Crippen LogP) is 4.33. The summed E-state index contributed by atoms with van der Waals surface area (Å²) in [5.74, 6) is -1.64. The molecule has 0 amide bonds. The molecule has 0 N–H and O–H groups in total. The van der Waals surface area contributed by atoms with Gasteiger partial charge in [0.1, 0.15) is 6.10 Å². The Kier molecular flexibility index (Phi) is 8.58. The molecule has 1 unspecified atom stereocenters. The first kappa shape index (κ1) is 22.9. The van der Waals surface area contributed by atoms with Crippen LogP contribution in [0.3, 0.4) is 0 Å². The fourth-order valence-corrected chi connectivity index (χ4v) is 3.77. The van der Waals surface area contributed by atoms with Gasteiger partial charge >= 0.3 is 11.9 Å². The highest BCUT2D eigenvalue weighted by Crippen LogP contribution is 2.38. The monoisotopic (exact) mass is 369 g/mol. The molecule has 0 radical (unpaired) electrons. The number of likely N-dealkylation sites (tertiary alicyclic amines) is 1. The Morgan fingerprint density at radius 2 is 1.54 bits per heavy atom. The average Bonchev–Trinajstić information content (AvgIpc) is 2.52. The molecular formula is C21H39NO4. The smallest absolute Gasteiger partial charge is 0.320 e. The zero-order valence-corrected chi connectivity index (χ0v) is 17.9. The second-order valence-corrected chi connectivity index (χ2v) is 8.87. The largest absolute Gasteiger partial charge is 0.465 e.